The number of anilines is 1. The maximum Gasteiger partial charge on any atom is 0.275 e. The standard InChI is InChI=1S/C19H22Cl2N4O/c1-14(15-5-6-16(20)17(21)12-15)23-19(26)13-24-8-10-25(11-9-24)18-4-2-3-7-22-18/h2-7,12,14H,8-11,13H2,1H3,(H,23,26)/p+2/t14-/m1/s1. The van der Waals surface area contributed by atoms with Gasteiger partial charge in [-0.1, -0.05) is 35.3 Å². The molecule has 1 aromatic heterocycles. The van der Waals surface area contributed by atoms with Crippen molar-refractivity contribution in [2.45, 2.75) is 13.0 Å². The van der Waals surface area contributed by atoms with Gasteiger partial charge in [0.25, 0.3) is 11.7 Å². The van der Waals surface area contributed by atoms with Crippen molar-refractivity contribution in [2.24, 2.45) is 0 Å². The number of H-pyrrole nitrogens is 1. The highest BCUT2D eigenvalue weighted by Crippen LogP contribution is 2.25. The van der Waals surface area contributed by atoms with Crippen LogP contribution in [0.3, 0.4) is 0 Å². The first-order chi connectivity index (χ1) is 12.5. The lowest BCUT2D eigenvalue weighted by atomic mass is 10.1. The van der Waals surface area contributed by atoms with Gasteiger partial charge < -0.3 is 10.2 Å². The number of amides is 1. The van der Waals surface area contributed by atoms with Crippen LogP contribution in [-0.4, -0.2) is 38.6 Å². The van der Waals surface area contributed by atoms with Crippen LogP contribution in [0, 0.1) is 0 Å². The highest BCUT2D eigenvalue weighted by molar-refractivity contribution is 6.42. The number of piperazine rings is 1. The fourth-order valence-electron chi connectivity index (χ4n) is 3.21. The zero-order valence-electron chi connectivity index (χ0n) is 14.8. The van der Waals surface area contributed by atoms with Crippen molar-refractivity contribution in [2.75, 3.05) is 37.6 Å². The average Bonchev–Trinajstić information content (AvgIpc) is 2.65. The Balaban J connectivity index is 1.47. The normalized spacial score (nSPS) is 16.3. The third-order valence-electron chi connectivity index (χ3n) is 4.74. The van der Waals surface area contributed by atoms with Crippen molar-refractivity contribution in [3.8, 4) is 0 Å². The zero-order valence-corrected chi connectivity index (χ0v) is 16.3. The molecule has 1 amide bonds. The van der Waals surface area contributed by atoms with Crippen LogP contribution in [0.15, 0.2) is 42.6 Å². The Bertz CT molecular complexity index is 748. The van der Waals surface area contributed by atoms with Crippen LogP contribution in [0.2, 0.25) is 10.0 Å². The minimum absolute atomic E-state index is 0.0540. The molecule has 3 N–H and O–H groups in total. The quantitative estimate of drug-likeness (QED) is 0.804. The average molecular weight is 395 g/mol. The predicted molar refractivity (Wildman–Crippen MR) is 104 cm³/mol. The molecule has 0 spiro atoms. The number of hydrogen-bond donors (Lipinski definition) is 2. The molecule has 1 aromatic carbocycles. The van der Waals surface area contributed by atoms with Crippen LogP contribution >= 0.6 is 23.2 Å². The second kappa shape index (κ2) is 8.71. The van der Waals surface area contributed by atoms with Gasteiger partial charge in [-0.25, -0.2) is 4.98 Å². The molecule has 7 heteroatoms. The van der Waals surface area contributed by atoms with Gasteiger partial charge >= 0.3 is 0 Å². The Kier molecular flexibility index (Phi) is 6.35. The Labute approximate surface area is 163 Å². The lowest BCUT2D eigenvalue weighted by Gasteiger charge is -2.28. The molecule has 0 aliphatic carbocycles. The molecule has 1 aliphatic heterocycles. The molecule has 0 unspecified atom stereocenters. The third kappa shape index (κ3) is 4.87. The van der Waals surface area contributed by atoms with Crippen LogP contribution < -0.4 is 20.1 Å². The van der Waals surface area contributed by atoms with E-state index in [0.29, 0.717) is 16.6 Å². The van der Waals surface area contributed by atoms with Crippen LogP contribution in [0.1, 0.15) is 18.5 Å². The third-order valence-corrected chi connectivity index (χ3v) is 5.47. The summed E-state index contributed by atoms with van der Waals surface area (Å²) >= 11 is 12.0. The summed E-state index contributed by atoms with van der Waals surface area (Å²) in [5, 5.41) is 4.08. The van der Waals surface area contributed by atoms with Gasteiger partial charge in [-0.05, 0) is 30.7 Å². The molecule has 26 heavy (non-hydrogen) atoms. The summed E-state index contributed by atoms with van der Waals surface area (Å²) in [6, 6.07) is 11.4. The lowest BCUT2D eigenvalue weighted by Crippen LogP contribution is -3.16. The summed E-state index contributed by atoms with van der Waals surface area (Å²) in [5.41, 5.74) is 0.951. The van der Waals surface area contributed by atoms with E-state index in [0.717, 1.165) is 37.6 Å². The second-order valence-corrected chi connectivity index (χ2v) is 7.44. The fraction of sp³-hybridized carbons (Fsp3) is 0.368. The van der Waals surface area contributed by atoms with Crippen molar-refractivity contribution in [3.63, 3.8) is 0 Å². The molecule has 138 valence electrons. The summed E-state index contributed by atoms with van der Waals surface area (Å²) in [4.78, 5) is 19.3. The summed E-state index contributed by atoms with van der Waals surface area (Å²) in [6.07, 6.45) is 1.94. The number of carbonyl (C=O) groups is 1. The van der Waals surface area contributed by atoms with Gasteiger partial charge in [-0.3, -0.25) is 9.69 Å². The molecule has 1 atom stereocenters. The fourth-order valence-corrected chi connectivity index (χ4v) is 3.51. The number of rotatable bonds is 5. The zero-order chi connectivity index (χ0) is 18.5. The lowest BCUT2D eigenvalue weighted by molar-refractivity contribution is -0.892. The van der Waals surface area contributed by atoms with Gasteiger partial charge in [-0.2, -0.15) is 0 Å². The van der Waals surface area contributed by atoms with E-state index in [4.69, 9.17) is 23.2 Å². The first-order valence-corrected chi connectivity index (χ1v) is 9.58. The highest BCUT2D eigenvalue weighted by atomic mass is 35.5. The topological polar surface area (TPSA) is 50.9 Å². The van der Waals surface area contributed by atoms with E-state index in [9.17, 15) is 4.79 Å². The first kappa shape index (κ1) is 19.0. The predicted octanol–water partition coefficient (Wildman–Crippen LogP) is 1.39. The van der Waals surface area contributed by atoms with Crippen LogP contribution in [0.4, 0.5) is 5.82 Å². The Hall–Kier alpha value is -1.82. The SMILES string of the molecule is C[C@@H](NC(=O)C[NH+]1CCN(c2cccc[nH+]2)CC1)c1ccc(Cl)c(Cl)c1. The number of nitrogens with zero attached hydrogens (tertiary/aromatic N) is 1. The van der Waals surface area contributed by atoms with E-state index in [1.165, 1.54) is 4.90 Å². The maximum atomic E-state index is 12.4. The maximum absolute atomic E-state index is 12.4. The number of hydrogen-bond acceptors (Lipinski definition) is 2. The van der Waals surface area contributed by atoms with Crippen molar-refractivity contribution < 1.29 is 14.7 Å². The van der Waals surface area contributed by atoms with Crippen molar-refractivity contribution in [1.82, 2.24) is 5.32 Å². The van der Waals surface area contributed by atoms with E-state index < -0.39 is 0 Å². The number of aromatic nitrogens is 1. The highest BCUT2D eigenvalue weighted by Gasteiger charge is 2.27. The molecule has 1 saturated heterocycles. The molecular weight excluding hydrogens is 371 g/mol. The van der Waals surface area contributed by atoms with E-state index >= 15 is 0 Å². The summed E-state index contributed by atoms with van der Waals surface area (Å²) in [5.74, 6) is 1.18. The Morgan fingerprint density at radius 3 is 2.65 bits per heavy atom. The summed E-state index contributed by atoms with van der Waals surface area (Å²) in [7, 11) is 0. The number of pyridine rings is 1. The summed E-state index contributed by atoms with van der Waals surface area (Å²) < 4.78 is 0. The van der Waals surface area contributed by atoms with E-state index in [2.05, 4.69) is 21.3 Å². The molecule has 1 aliphatic rings. The van der Waals surface area contributed by atoms with Gasteiger partial charge in [-0.15, -0.1) is 0 Å². The number of aromatic amines is 1. The molecule has 0 saturated carbocycles. The van der Waals surface area contributed by atoms with Crippen molar-refractivity contribution in [1.29, 1.82) is 0 Å². The van der Waals surface area contributed by atoms with Gasteiger partial charge in [0, 0.05) is 6.07 Å². The van der Waals surface area contributed by atoms with E-state index in [-0.39, 0.29) is 11.9 Å². The van der Waals surface area contributed by atoms with Crippen LogP contribution in [0.25, 0.3) is 0 Å². The number of quaternary nitrogens is 1. The van der Waals surface area contributed by atoms with Crippen LogP contribution in [-0.2, 0) is 4.79 Å². The molecule has 2 aromatic rings. The molecule has 1 fully saturated rings. The largest absolute Gasteiger partial charge is 0.345 e. The van der Waals surface area contributed by atoms with Gasteiger partial charge in [0.05, 0.1) is 22.3 Å². The minimum atomic E-state index is -0.100. The van der Waals surface area contributed by atoms with Gasteiger partial charge in [0.1, 0.15) is 26.2 Å². The second-order valence-electron chi connectivity index (χ2n) is 6.62. The Morgan fingerprint density at radius 2 is 2.00 bits per heavy atom. The molecule has 3 rings (SSSR count). The van der Waals surface area contributed by atoms with Gasteiger partial charge in [0.2, 0.25) is 0 Å². The number of nitrogens with one attached hydrogen (secondary N) is 3. The molecule has 5 nitrogen and oxygen atoms in total. The molecule has 2 heterocycles. The van der Waals surface area contributed by atoms with Gasteiger partial charge in [0.15, 0.2) is 6.54 Å². The van der Waals surface area contributed by atoms with Crippen molar-refractivity contribution in [3.05, 3.63) is 58.2 Å². The minimum Gasteiger partial charge on any atom is -0.345 e. The number of benzene rings is 1. The summed E-state index contributed by atoms with van der Waals surface area (Å²) in [6.45, 7) is 6.19. The molecule has 0 bridgehead atoms. The van der Waals surface area contributed by atoms with Crippen molar-refractivity contribution >= 4 is 34.9 Å². The van der Waals surface area contributed by atoms with E-state index in [1.54, 1.807) is 12.1 Å². The first-order valence-electron chi connectivity index (χ1n) is 8.82. The molecular formula is C19H24Cl2N4O+2. The smallest absolute Gasteiger partial charge is 0.275 e. The van der Waals surface area contributed by atoms with E-state index in [1.807, 2.05) is 31.3 Å². The monoisotopic (exact) mass is 394 g/mol. The van der Waals surface area contributed by atoms with Crippen LogP contribution in [0.5, 0.6) is 0 Å². The molecule has 0 radical (unpaired) electrons. The number of carbonyl (C=O) groups excluding carboxylic acids is 1. The Morgan fingerprint density at radius 1 is 1.23 bits per heavy atom. The number of halogens is 2.